The summed E-state index contributed by atoms with van der Waals surface area (Å²) < 4.78 is 0. The maximum Gasteiger partial charge on any atom is 0.0694 e. The quantitative estimate of drug-likeness (QED) is 0.924. The molecule has 4 heteroatoms. The lowest BCUT2D eigenvalue weighted by Gasteiger charge is -2.33. The van der Waals surface area contributed by atoms with E-state index in [0.29, 0.717) is 6.04 Å². The molecule has 0 amide bonds. The minimum Gasteiger partial charge on any atom is -0.369 e. The second-order valence-corrected chi connectivity index (χ2v) is 7.14. The van der Waals surface area contributed by atoms with Gasteiger partial charge in [0.15, 0.2) is 0 Å². The number of aliphatic imine (C=N–C) groups is 1. The van der Waals surface area contributed by atoms with Gasteiger partial charge >= 0.3 is 0 Å². The average molecular weight is 346 g/mol. The van der Waals surface area contributed by atoms with Gasteiger partial charge in [-0.05, 0) is 61.2 Å². The summed E-state index contributed by atoms with van der Waals surface area (Å²) in [4.78, 5) is 11.5. The molecule has 3 heterocycles. The topological polar surface area (TPSA) is 40.5 Å². The summed E-state index contributed by atoms with van der Waals surface area (Å²) in [7, 11) is 0. The lowest BCUT2D eigenvalue weighted by Crippen LogP contribution is -2.49. The van der Waals surface area contributed by atoms with Gasteiger partial charge in [-0.1, -0.05) is 12.1 Å². The van der Waals surface area contributed by atoms with E-state index in [2.05, 4.69) is 58.5 Å². The first kappa shape index (κ1) is 17.0. The summed E-state index contributed by atoms with van der Waals surface area (Å²) in [5.41, 5.74) is 6.08. The predicted octanol–water partition coefficient (Wildman–Crippen LogP) is 3.55. The first-order valence-corrected chi connectivity index (χ1v) is 9.54. The summed E-state index contributed by atoms with van der Waals surface area (Å²) in [6, 6.07) is 13.6. The van der Waals surface area contributed by atoms with Crippen LogP contribution in [-0.2, 0) is 0 Å². The van der Waals surface area contributed by atoms with Crippen LogP contribution >= 0.6 is 0 Å². The van der Waals surface area contributed by atoms with Crippen LogP contribution in [0.5, 0.6) is 0 Å². The number of hydrogen-bond acceptors (Lipinski definition) is 4. The molecule has 1 aromatic heterocycles. The molecule has 4 nitrogen and oxygen atoms in total. The molecule has 0 radical (unpaired) electrons. The molecule has 1 saturated heterocycles. The Morgan fingerprint density at radius 2 is 2.08 bits per heavy atom. The van der Waals surface area contributed by atoms with Crippen LogP contribution in [0, 0.1) is 0 Å². The third-order valence-electron chi connectivity index (χ3n) is 5.08. The van der Waals surface area contributed by atoms with Crippen LogP contribution in [0.3, 0.4) is 0 Å². The van der Waals surface area contributed by atoms with Gasteiger partial charge in [-0.15, -0.1) is 0 Å². The molecule has 2 aliphatic rings. The van der Waals surface area contributed by atoms with Gasteiger partial charge in [0.2, 0.25) is 0 Å². The summed E-state index contributed by atoms with van der Waals surface area (Å²) >= 11 is 0. The monoisotopic (exact) mass is 346 g/mol. The molecule has 26 heavy (non-hydrogen) atoms. The Kier molecular flexibility index (Phi) is 5.12. The third-order valence-corrected chi connectivity index (χ3v) is 5.08. The SMILES string of the molecule is CC1CN(c2ccc(/C=C3\CCCN=C3c3cccnc3)cc2)CCN1. The molecule has 1 unspecified atom stereocenters. The minimum atomic E-state index is 0.547. The number of piperazine rings is 1. The van der Waals surface area contributed by atoms with Crippen LogP contribution in [0.25, 0.3) is 6.08 Å². The molecular formula is C22H26N4. The van der Waals surface area contributed by atoms with Crippen molar-refractivity contribution < 1.29 is 0 Å². The molecular weight excluding hydrogens is 320 g/mol. The van der Waals surface area contributed by atoms with E-state index >= 15 is 0 Å². The lowest BCUT2D eigenvalue weighted by atomic mass is 9.95. The van der Waals surface area contributed by atoms with Gasteiger partial charge in [-0.2, -0.15) is 0 Å². The van der Waals surface area contributed by atoms with Crippen molar-refractivity contribution in [3.05, 3.63) is 65.5 Å². The highest BCUT2D eigenvalue weighted by Gasteiger charge is 2.16. The van der Waals surface area contributed by atoms with Crippen LogP contribution in [0.4, 0.5) is 5.69 Å². The molecule has 0 bridgehead atoms. The number of pyridine rings is 1. The fourth-order valence-corrected chi connectivity index (χ4v) is 3.75. The van der Waals surface area contributed by atoms with E-state index in [4.69, 9.17) is 4.99 Å². The van der Waals surface area contributed by atoms with E-state index in [-0.39, 0.29) is 0 Å². The second-order valence-electron chi connectivity index (χ2n) is 7.14. The molecule has 0 spiro atoms. The molecule has 0 aliphatic carbocycles. The summed E-state index contributed by atoms with van der Waals surface area (Å²) in [5.74, 6) is 0. The van der Waals surface area contributed by atoms with Gasteiger partial charge < -0.3 is 10.2 Å². The minimum absolute atomic E-state index is 0.547. The summed E-state index contributed by atoms with van der Waals surface area (Å²) in [6.07, 6.45) is 8.20. The number of nitrogens with one attached hydrogen (secondary N) is 1. The van der Waals surface area contributed by atoms with Gasteiger partial charge in [0.1, 0.15) is 0 Å². The Labute approximate surface area is 155 Å². The van der Waals surface area contributed by atoms with E-state index in [1.165, 1.54) is 16.8 Å². The van der Waals surface area contributed by atoms with Gasteiger partial charge in [0.05, 0.1) is 5.71 Å². The first-order chi connectivity index (χ1) is 12.8. The van der Waals surface area contributed by atoms with Gasteiger partial charge in [0.25, 0.3) is 0 Å². The van der Waals surface area contributed by atoms with Gasteiger partial charge in [-0.3, -0.25) is 9.98 Å². The Hall–Kier alpha value is -2.46. The number of nitrogens with zero attached hydrogens (tertiary/aromatic N) is 3. The zero-order valence-electron chi connectivity index (χ0n) is 15.4. The van der Waals surface area contributed by atoms with Crippen LogP contribution in [0.1, 0.15) is 30.9 Å². The van der Waals surface area contributed by atoms with Crippen molar-refractivity contribution in [3.63, 3.8) is 0 Å². The molecule has 2 aliphatic heterocycles. The first-order valence-electron chi connectivity index (χ1n) is 9.54. The predicted molar refractivity (Wildman–Crippen MR) is 109 cm³/mol. The Morgan fingerprint density at radius 1 is 1.19 bits per heavy atom. The maximum atomic E-state index is 4.77. The number of hydrogen-bond donors (Lipinski definition) is 1. The zero-order valence-corrected chi connectivity index (χ0v) is 15.4. The maximum absolute atomic E-state index is 4.77. The Morgan fingerprint density at radius 3 is 2.85 bits per heavy atom. The average Bonchev–Trinajstić information content (AvgIpc) is 2.70. The van der Waals surface area contributed by atoms with Crippen LogP contribution in [0.2, 0.25) is 0 Å². The standard InChI is InChI=1S/C22H26N4/c1-17-16-26(13-12-24-17)21-8-6-18(7-9-21)14-19-4-3-11-25-22(19)20-5-2-10-23-15-20/h2,5-10,14-15,17,24H,3-4,11-13,16H2,1H3/b19-14+. The van der Waals surface area contributed by atoms with Crippen molar-refractivity contribution in [3.8, 4) is 0 Å². The molecule has 1 N–H and O–H groups in total. The number of aromatic nitrogens is 1. The smallest absolute Gasteiger partial charge is 0.0694 e. The molecule has 0 saturated carbocycles. The van der Waals surface area contributed by atoms with E-state index in [9.17, 15) is 0 Å². The number of allylic oxidation sites excluding steroid dienone is 1. The Balaban J connectivity index is 1.55. The normalized spacial score (nSPS) is 22.3. The highest BCUT2D eigenvalue weighted by molar-refractivity contribution is 6.15. The summed E-state index contributed by atoms with van der Waals surface area (Å²) in [6.45, 7) is 6.34. The number of benzene rings is 1. The zero-order chi connectivity index (χ0) is 17.8. The van der Waals surface area contributed by atoms with Crippen molar-refractivity contribution >= 4 is 17.5 Å². The number of anilines is 1. The van der Waals surface area contributed by atoms with Crippen molar-refractivity contribution in [1.82, 2.24) is 10.3 Å². The molecule has 134 valence electrons. The van der Waals surface area contributed by atoms with E-state index < -0.39 is 0 Å². The fraction of sp³-hybridized carbons (Fsp3) is 0.364. The van der Waals surface area contributed by atoms with E-state index in [1.807, 2.05) is 18.5 Å². The summed E-state index contributed by atoms with van der Waals surface area (Å²) in [5, 5.41) is 3.50. The molecule has 1 aromatic carbocycles. The number of rotatable bonds is 3. The van der Waals surface area contributed by atoms with Crippen molar-refractivity contribution in [2.45, 2.75) is 25.8 Å². The third kappa shape index (κ3) is 3.86. The van der Waals surface area contributed by atoms with E-state index in [1.54, 1.807) is 0 Å². The van der Waals surface area contributed by atoms with Crippen molar-refractivity contribution in [2.75, 3.05) is 31.1 Å². The van der Waals surface area contributed by atoms with Crippen molar-refractivity contribution in [1.29, 1.82) is 0 Å². The second kappa shape index (κ2) is 7.83. The van der Waals surface area contributed by atoms with Crippen LogP contribution in [-0.4, -0.2) is 42.9 Å². The highest BCUT2D eigenvalue weighted by Crippen LogP contribution is 2.23. The fourth-order valence-electron chi connectivity index (χ4n) is 3.75. The van der Waals surface area contributed by atoms with Crippen LogP contribution in [0.15, 0.2) is 59.4 Å². The van der Waals surface area contributed by atoms with E-state index in [0.717, 1.165) is 50.3 Å². The Bertz CT molecular complexity index is 793. The largest absolute Gasteiger partial charge is 0.369 e. The molecule has 2 aromatic rings. The van der Waals surface area contributed by atoms with Crippen LogP contribution < -0.4 is 10.2 Å². The molecule has 1 atom stereocenters. The van der Waals surface area contributed by atoms with Crippen molar-refractivity contribution in [2.24, 2.45) is 4.99 Å². The molecule has 4 rings (SSSR count). The van der Waals surface area contributed by atoms with Gasteiger partial charge in [-0.25, -0.2) is 0 Å². The highest BCUT2D eigenvalue weighted by atomic mass is 15.2. The van der Waals surface area contributed by atoms with Gasteiger partial charge in [0, 0.05) is 55.9 Å². The lowest BCUT2D eigenvalue weighted by molar-refractivity contribution is 0.485. The molecule has 1 fully saturated rings.